The van der Waals surface area contributed by atoms with Crippen LogP contribution in [-0.4, -0.2) is 19.1 Å². The van der Waals surface area contributed by atoms with E-state index in [9.17, 15) is 0 Å². The van der Waals surface area contributed by atoms with Crippen molar-refractivity contribution in [1.29, 1.82) is 0 Å². The Labute approximate surface area is 332 Å². The van der Waals surface area contributed by atoms with Gasteiger partial charge in [-0.15, -0.1) is 11.3 Å². The van der Waals surface area contributed by atoms with Gasteiger partial charge >= 0.3 is 0 Å². The fraction of sp³-hybridized carbons (Fsp3) is 0. The monoisotopic (exact) mass is 744 g/mol. The highest BCUT2D eigenvalue weighted by atomic mass is 32.1. The lowest BCUT2D eigenvalue weighted by atomic mass is 10.0. The van der Waals surface area contributed by atoms with E-state index in [0.717, 1.165) is 39.5 Å². The van der Waals surface area contributed by atoms with E-state index < -0.39 is 0 Å². The smallest absolute Gasteiger partial charge is 0.160 e. The van der Waals surface area contributed by atoms with Gasteiger partial charge in [0.25, 0.3) is 0 Å². The zero-order chi connectivity index (χ0) is 37.5. The molecule has 4 heterocycles. The highest BCUT2D eigenvalue weighted by Gasteiger charge is 2.26. The van der Waals surface area contributed by atoms with Crippen LogP contribution in [0.5, 0.6) is 0 Å². The number of hydrogen-bond acceptors (Lipinski definition) is 3. The quantitative estimate of drug-likeness (QED) is 0.176. The topological polar surface area (TPSA) is 35.6 Å². The van der Waals surface area contributed by atoms with Crippen molar-refractivity contribution in [2.24, 2.45) is 0 Å². The van der Waals surface area contributed by atoms with Crippen molar-refractivity contribution in [2.75, 3.05) is 0 Å². The number of benzene rings is 8. The molecule has 0 saturated carbocycles. The van der Waals surface area contributed by atoms with Gasteiger partial charge in [0.1, 0.15) is 0 Å². The average molecular weight is 745 g/mol. The van der Waals surface area contributed by atoms with Gasteiger partial charge in [-0.3, -0.25) is 0 Å². The molecule has 0 spiro atoms. The maximum absolute atomic E-state index is 5.14. The van der Waals surface area contributed by atoms with Crippen LogP contribution in [0.4, 0.5) is 0 Å². The van der Waals surface area contributed by atoms with Crippen molar-refractivity contribution < 1.29 is 0 Å². The third kappa shape index (κ3) is 4.86. The third-order valence-electron chi connectivity index (χ3n) is 11.3. The molecule has 57 heavy (non-hydrogen) atoms. The summed E-state index contributed by atoms with van der Waals surface area (Å²) in [7, 11) is 0. The number of thiophene rings is 1. The maximum Gasteiger partial charge on any atom is 0.160 e. The summed E-state index contributed by atoms with van der Waals surface area (Å²) in [6.45, 7) is 0. The molecule has 0 aliphatic carbocycles. The number of aromatic nitrogens is 4. The molecular weight excluding hydrogens is 713 g/mol. The molecule has 0 unspecified atom stereocenters. The third-order valence-corrected chi connectivity index (χ3v) is 12.5. The van der Waals surface area contributed by atoms with Crippen LogP contribution in [0.15, 0.2) is 194 Å². The lowest BCUT2D eigenvalue weighted by Crippen LogP contribution is -1.99. The molecule has 0 N–H and O–H groups in total. The largest absolute Gasteiger partial charge is 0.307 e. The highest BCUT2D eigenvalue weighted by molar-refractivity contribution is 7.27. The first kappa shape index (κ1) is 32.0. The maximum atomic E-state index is 5.14. The van der Waals surface area contributed by atoms with Gasteiger partial charge in [-0.1, -0.05) is 146 Å². The van der Waals surface area contributed by atoms with Gasteiger partial charge in [-0.05, 0) is 48.5 Å². The molecule has 0 bridgehead atoms. The summed E-state index contributed by atoms with van der Waals surface area (Å²) >= 11 is 1.91. The van der Waals surface area contributed by atoms with Crippen LogP contribution in [0.2, 0.25) is 0 Å². The number of nitrogens with zero attached hydrogens (tertiary/aromatic N) is 4. The second-order valence-electron chi connectivity index (χ2n) is 14.5. The number of hydrogen-bond donors (Lipinski definition) is 0. The molecule has 5 heteroatoms. The van der Waals surface area contributed by atoms with Crippen LogP contribution in [0.3, 0.4) is 0 Å². The standard InChI is InChI=1S/C52H32N4S/c1-4-16-33(17-5-1)41-32-42(54-52(53-41)35-18-6-2-7-19-35)34-28-30-37(31-29-34)56-43-25-13-10-22-38(43)46-47-40-24-12-15-27-45(40)57-51(47)48-39-23-11-14-26-44(39)55(50(48)49(46)56)36-20-8-3-9-21-36/h1-32H. The fourth-order valence-corrected chi connectivity index (χ4v) is 10.1. The SMILES string of the molecule is c1ccc(-c2cc(-c3ccc(-n4c5ccccc5c5c6c7ccccc7sc6c6c7ccccc7n(-c7ccccc7)c6c54)cc3)nc(-c3ccccc3)n2)cc1. The van der Waals surface area contributed by atoms with Crippen molar-refractivity contribution in [3.8, 4) is 45.3 Å². The molecule has 266 valence electrons. The van der Waals surface area contributed by atoms with Gasteiger partial charge in [0.15, 0.2) is 5.82 Å². The van der Waals surface area contributed by atoms with E-state index in [1.165, 1.54) is 63.8 Å². The Morgan fingerprint density at radius 2 is 0.842 bits per heavy atom. The first-order valence-electron chi connectivity index (χ1n) is 19.3. The number of fused-ring (bicyclic) bond motifs is 12. The summed E-state index contributed by atoms with van der Waals surface area (Å²) in [5.74, 6) is 0.710. The molecule has 0 saturated heterocycles. The van der Waals surface area contributed by atoms with Crippen LogP contribution >= 0.6 is 11.3 Å². The predicted molar refractivity (Wildman–Crippen MR) is 240 cm³/mol. The minimum absolute atomic E-state index is 0.710. The lowest BCUT2D eigenvalue weighted by molar-refractivity contribution is 1.15. The molecule has 0 fully saturated rings. The van der Waals surface area contributed by atoms with Gasteiger partial charge < -0.3 is 9.13 Å². The van der Waals surface area contributed by atoms with Gasteiger partial charge in [-0.2, -0.15) is 0 Å². The molecule has 12 aromatic rings. The second kappa shape index (κ2) is 12.6. The Hall–Kier alpha value is -7.34. The summed E-state index contributed by atoms with van der Waals surface area (Å²) < 4.78 is 7.60. The van der Waals surface area contributed by atoms with E-state index in [1.807, 2.05) is 35.6 Å². The van der Waals surface area contributed by atoms with Crippen molar-refractivity contribution in [2.45, 2.75) is 0 Å². The minimum atomic E-state index is 0.710. The highest BCUT2D eigenvalue weighted by Crippen LogP contribution is 2.51. The first-order valence-corrected chi connectivity index (χ1v) is 20.1. The molecule has 0 aliphatic heterocycles. The first-order chi connectivity index (χ1) is 28.3. The molecule has 0 atom stereocenters. The molecular formula is C52H32N4S. The molecule has 8 aromatic carbocycles. The van der Waals surface area contributed by atoms with E-state index in [2.05, 4.69) is 179 Å². The van der Waals surface area contributed by atoms with E-state index in [0.29, 0.717) is 5.82 Å². The normalized spacial score (nSPS) is 11.9. The van der Waals surface area contributed by atoms with Crippen LogP contribution in [0.25, 0.3) is 109 Å². The lowest BCUT2D eigenvalue weighted by Gasteiger charge is -2.14. The fourth-order valence-electron chi connectivity index (χ4n) is 8.84. The molecule has 4 aromatic heterocycles. The van der Waals surface area contributed by atoms with Gasteiger partial charge in [0.2, 0.25) is 0 Å². The zero-order valence-electron chi connectivity index (χ0n) is 30.7. The summed E-state index contributed by atoms with van der Waals surface area (Å²) in [4.78, 5) is 10.2. The van der Waals surface area contributed by atoms with Crippen molar-refractivity contribution in [1.82, 2.24) is 19.1 Å². The van der Waals surface area contributed by atoms with E-state index in [-0.39, 0.29) is 0 Å². The minimum Gasteiger partial charge on any atom is -0.307 e. The van der Waals surface area contributed by atoms with Crippen LogP contribution < -0.4 is 0 Å². The van der Waals surface area contributed by atoms with E-state index >= 15 is 0 Å². The van der Waals surface area contributed by atoms with Crippen LogP contribution in [0, 0.1) is 0 Å². The van der Waals surface area contributed by atoms with E-state index in [1.54, 1.807) is 0 Å². The van der Waals surface area contributed by atoms with Gasteiger partial charge in [0.05, 0.1) is 33.5 Å². The second-order valence-corrected chi connectivity index (χ2v) is 15.6. The molecule has 12 rings (SSSR count). The van der Waals surface area contributed by atoms with Crippen molar-refractivity contribution in [3.63, 3.8) is 0 Å². The molecule has 0 amide bonds. The van der Waals surface area contributed by atoms with Gasteiger partial charge in [-0.25, -0.2) is 9.97 Å². The summed E-state index contributed by atoms with van der Waals surface area (Å²) in [5, 5.41) is 7.70. The number of para-hydroxylation sites is 3. The van der Waals surface area contributed by atoms with E-state index in [4.69, 9.17) is 9.97 Å². The summed E-state index contributed by atoms with van der Waals surface area (Å²) in [6, 6.07) is 69.2. The number of rotatable bonds is 5. The Bertz CT molecular complexity index is 3430. The Morgan fingerprint density at radius 3 is 1.49 bits per heavy atom. The average Bonchev–Trinajstić information content (AvgIpc) is 3.95. The summed E-state index contributed by atoms with van der Waals surface area (Å²) in [6.07, 6.45) is 0. The molecule has 0 radical (unpaired) electrons. The van der Waals surface area contributed by atoms with Crippen LogP contribution in [0.1, 0.15) is 0 Å². The van der Waals surface area contributed by atoms with Crippen LogP contribution in [-0.2, 0) is 0 Å². The summed E-state index contributed by atoms with van der Waals surface area (Å²) in [5.41, 5.74) is 11.9. The Kier molecular flexibility index (Phi) is 7.06. The Balaban J connectivity index is 1.17. The van der Waals surface area contributed by atoms with Gasteiger partial charge in [0, 0.05) is 69.8 Å². The Morgan fingerprint density at radius 1 is 0.368 bits per heavy atom. The predicted octanol–water partition coefficient (Wildman–Crippen LogP) is 14.0. The zero-order valence-corrected chi connectivity index (χ0v) is 31.5. The van der Waals surface area contributed by atoms with Crippen molar-refractivity contribution >= 4 is 75.1 Å². The molecule has 0 aliphatic rings. The van der Waals surface area contributed by atoms with Crippen molar-refractivity contribution in [3.05, 3.63) is 194 Å². The molecule has 4 nitrogen and oxygen atoms in total.